The van der Waals surface area contributed by atoms with Gasteiger partial charge in [0.25, 0.3) is 0 Å². The number of nitrogens with two attached hydrogens (primary N) is 1. The summed E-state index contributed by atoms with van der Waals surface area (Å²) in [5.74, 6) is 0.249. The predicted molar refractivity (Wildman–Crippen MR) is 67.9 cm³/mol. The van der Waals surface area contributed by atoms with Gasteiger partial charge in [-0.2, -0.15) is 0 Å². The maximum absolute atomic E-state index is 11.4. The lowest BCUT2D eigenvalue weighted by molar-refractivity contribution is -0.123. The summed E-state index contributed by atoms with van der Waals surface area (Å²) in [6.45, 7) is 14.3. The van der Waals surface area contributed by atoms with Crippen LogP contribution in [0.3, 0.4) is 0 Å². The van der Waals surface area contributed by atoms with Gasteiger partial charge < -0.3 is 5.73 Å². The van der Waals surface area contributed by atoms with Crippen molar-refractivity contribution in [1.29, 1.82) is 0 Å². The van der Waals surface area contributed by atoms with Crippen LogP contribution in [0.5, 0.6) is 0 Å². The van der Waals surface area contributed by atoms with E-state index in [1.165, 1.54) is 0 Å². The summed E-state index contributed by atoms with van der Waals surface area (Å²) in [7, 11) is 0. The topological polar surface area (TPSA) is 43.1 Å². The minimum atomic E-state index is -0.265. The SMILES string of the molecule is CC.CC(C)C(=O)C(N)CCC(C)(C)C. The molecule has 0 rings (SSSR count). The maximum Gasteiger partial charge on any atom is 0.152 e. The third-order valence-corrected chi connectivity index (χ3v) is 2.14. The van der Waals surface area contributed by atoms with Crippen molar-refractivity contribution in [1.82, 2.24) is 0 Å². The smallest absolute Gasteiger partial charge is 0.152 e. The summed E-state index contributed by atoms with van der Waals surface area (Å²) in [6, 6.07) is -0.265. The van der Waals surface area contributed by atoms with Gasteiger partial charge in [0.1, 0.15) is 0 Å². The first-order valence-electron chi connectivity index (χ1n) is 6.03. The predicted octanol–water partition coefficient (Wildman–Crippen LogP) is 3.39. The number of carbonyl (C=O) groups excluding carboxylic acids is 1. The zero-order chi connectivity index (χ0) is 12.6. The Morgan fingerprint density at radius 3 is 1.87 bits per heavy atom. The second kappa shape index (κ2) is 7.86. The molecule has 1 atom stereocenters. The third kappa shape index (κ3) is 9.92. The van der Waals surface area contributed by atoms with Crippen LogP contribution in [0.25, 0.3) is 0 Å². The molecule has 0 bridgehead atoms. The molecule has 2 heteroatoms. The Morgan fingerprint density at radius 2 is 1.60 bits per heavy atom. The highest BCUT2D eigenvalue weighted by Crippen LogP contribution is 2.21. The Labute approximate surface area is 95.6 Å². The standard InChI is InChI=1S/C11H23NO.C2H6/c1-8(2)10(13)9(12)6-7-11(3,4)5;1-2/h8-9H,6-7,12H2,1-5H3;1-2H3. The molecule has 0 amide bonds. The van der Waals surface area contributed by atoms with Gasteiger partial charge in [-0.05, 0) is 18.3 Å². The lowest BCUT2D eigenvalue weighted by atomic mass is 9.87. The van der Waals surface area contributed by atoms with E-state index >= 15 is 0 Å². The highest BCUT2D eigenvalue weighted by Gasteiger charge is 2.19. The first-order chi connectivity index (χ1) is 6.74. The zero-order valence-corrected chi connectivity index (χ0v) is 11.6. The van der Waals surface area contributed by atoms with Gasteiger partial charge in [-0.3, -0.25) is 4.79 Å². The first-order valence-corrected chi connectivity index (χ1v) is 6.03. The largest absolute Gasteiger partial charge is 0.321 e. The van der Waals surface area contributed by atoms with Gasteiger partial charge in [0.05, 0.1) is 6.04 Å². The molecule has 0 aromatic rings. The van der Waals surface area contributed by atoms with E-state index in [0.717, 1.165) is 12.8 Å². The summed E-state index contributed by atoms with van der Waals surface area (Å²) >= 11 is 0. The van der Waals surface area contributed by atoms with Crippen LogP contribution in [0.4, 0.5) is 0 Å². The normalized spacial score (nSPS) is 13.1. The molecule has 0 heterocycles. The molecule has 0 saturated heterocycles. The van der Waals surface area contributed by atoms with Crippen LogP contribution in [0, 0.1) is 11.3 Å². The highest BCUT2D eigenvalue weighted by molar-refractivity contribution is 5.85. The van der Waals surface area contributed by atoms with E-state index in [9.17, 15) is 4.79 Å². The number of rotatable bonds is 4. The number of carbonyl (C=O) groups is 1. The van der Waals surface area contributed by atoms with Gasteiger partial charge in [-0.15, -0.1) is 0 Å². The van der Waals surface area contributed by atoms with E-state index in [2.05, 4.69) is 20.8 Å². The Balaban J connectivity index is 0. The molecule has 0 aromatic carbocycles. The van der Waals surface area contributed by atoms with Crippen LogP contribution in [0.15, 0.2) is 0 Å². The number of hydrogen-bond acceptors (Lipinski definition) is 2. The Bertz CT molecular complexity index is 168. The van der Waals surface area contributed by atoms with E-state index in [1.54, 1.807) is 0 Å². The van der Waals surface area contributed by atoms with Crippen LogP contribution in [0.2, 0.25) is 0 Å². The fraction of sp³-hybridized carbons (Fsp3) is 0.923. The minimum absolute atomic E-state index is 0.0648. The van der Waals surface area contributed by atoms with Gasteiger partial charge in [-0.1, -0.05) is 48.5 Å². The molecular weight excluding hydrogens is 186 g/mol. The van der Waals surface area contributed by atoms with Crippen molar-refractivity contribution in [3.63, 3.8) is 0 Å². The second-order valence-electron chi connectivity index (χ2n) is 5.26. The van der Waals surface area contributed by atoms with E-state index in [4.69, 9.17) is 5.73 Å². The summed E-state index contributed by atoms with van der Waals surface area (Å²) in [5, 5.41) is 0. The monoisotopic (exact) mass is 215 g/mol. The fourth-order valence-corrected chi connectivity index (χ4v) is 1.16. The van der Waals surface area contributed by atoms with Gasteiger partial charge in [0, 0.05) is 5.92 Å². The van der Waals surface area contributed by atoms with Crippen molar-refractivity contribution < 1.29 is 4.79 Å². The van der Waals surface area contributed by atoms with E-state index in [-0.39, 0.29) is 23.2 Å². The van der Waals surface area contributed by atoms with Crippen molar-refractivity contribution in [2.45, 2.75) is 67.3 Å². The summed E-state index contributed by atoms with van der Waals surface area (Å²) in [5.41, 5.74) is 6.05. The number of hydrogen-bond donors (Lipinski definition) is 1. The molecule has 0 aromatic heterocycles. The van der Waals surface area contributed by atoms with Crippen LogP contribution in [0.1, 0.15) is 61.3 Å². The number of Topliss-reactive ketones (excluding diaryl/α,β-unsaturated/α-hetero) is 1. The van der Waals surface area contributed by atoms with Crippen molar-refractivity contribution in [3.05, 3.63) is 0 Å². The molecule has 1 unspecified atom stereocenters. The van der Waals surface area contributed by atoms with Crippen LogP contribution in [-0.2, 0) is 4.79 Å². The van der Waals surface area contributed by atoms with Crippen LogP contribution >= 0.6 is 0 Å². The van der Waals surface area contributed by atoms with Gasteiger partial charge in [-0.25, -0.2) is 0 Å². The van der Waals surface area contributed by atoms with Gasteiger partial charge >= 0.3 is 0 Å². The molecule has 0 aliphatic rings. The lowest BCUT2D eigenvalue weighted by Gasteiger charge is -2.21. The van der Waals surface area contributed by atoms with E-state index in [1.807, 2.05) is 27.7 Å². The van der Waals surface area contributed by atoms with Crippen LogP contribution in [-0.4, -0.2) is 11.8 Å². The quantitative estimate of drug-likeness (QED) is 0.781. The average molecular weight is 215 g/mol. The molecule has 0 spiro atoms. The maximum atomic E-state index is 11.4. The van der Waals surface area contributed by atoms with Gasteiger partial charge in [0.15, 0.2) is 5.78 Å². The molecule has 0 aliphatic heterocycles. The molecule has 2 N–H and O–H groups in total. The molecular formula is C13H29NO. The zero-order valence-electron chi connectivity index (χ0n) is 11.6. The summed E-state index contributed by atoms with van der Waals surface area (Å²) < 4.78 is 0. The summed E-state index contributed by atoms with van der Waals surface area (Å²) in [6.07, 6.45) is 1.81. The minimum Gasteiger partial charge on any atom is -0.321 e. The van der Waals surface area contributed by atoms with Crippen molar-refractivity contribution in [3.8, 4) is 0 Å². The lowest BCUT2D eigenvalue weighted by Crippen LogP contribution is -2.34. The highest BCUT2D eigenvalue weighted by atomic mass is 16.1. The molecule has 0 aliphatic carbocycles. The molecule has 15 heavy (non-hydrogen) atoms. The molecule has 92 valence electrons. The first kappa shape index (κ1) is 17.0. The Kier molecular flexibility index (Phi) is 8.93. The Morgan fingerprint density at radius 1 is 1.20 bits per heavy atom. The van der Waals surface area contributed by atoms with Crippen LogP contribution < -0.4 is 5.73 Å². The van der Waals surface area contributed by atoms with E-state index in [0.29, 0.717) is 0 Å². The fourth-order valence-electron chi connectivity index (χ4n) is 1.16. The van der Waals surface area contributed by atoms with Gasteiger partial charge in [0.2, 0.25) is 0 Å². The molecule has 0 fully saturated rings. The summed E-state index contributed by atoms with van der Waals surface area (Å²) in [4.78, 5) is 11.4. The number of ketones is 1. The van der Waals surface area contributed by atoms with Crippen molar-refractivity contribution in [2.24, 2.45) is 17.1 Å². The average Bonchev–Trinajstić information content (AvgIpc) is 2.15. The second-order valence-corrected chi connectivity index (χ2v) is 5.26. The van der Waals surface area contributed by atoms with Crippen molar-refractivity contribution in [2.75, 3.05) is 0 Å². The van der Waals surface area contributed by atoms with Crippen molar-refractivity contribution >= 4 is 5.78 Å². The third-order valence-electron chi connectivity index (χ3n) is 2.14. The Hall–Kier alpha value is -0.370. The molecule has 0 saturated carbocycles. The molecule has 0 radical (unpaired) electrons. The van der Waals surface area contributed by atoms with E-state index < -0.39 is 0 Å². The molecule has 2 nitrogen and oxygen atoms in total.